The Hall–Kier alpha value is -1.65. The summed E-state index contributed by atoms with van der Waals surface area (Å²) in [7, 11) is -3.68. The first kappa shape index (κ1) is 14.8. The van der Waals surface area contributed by atoms with Crippen molar-refractivity contribution in [1.29, 1.82) is 0 Å². The smallest absolute Gasteiger partial charge is 0.260 e. The lowest BCUT2D eigenvalue weighted by Gasteiger charge is -2.30. The molecule has 1 unspecified atom stereocenters. The number of aromatic amines is 1. The summed E-state index contributed by atoms with van der Waals surface area (Å²) in [5, 5.41) is 11.5. The molecule has 1 atom stereocenters. The highest BCUT2D eigenvalue weighted by Crippen LogP contribution is 2.17. The van der Waals surface area contributed by atoms with Gasteiger partial charge in [-0.05, 0) is 0 Å². The number of morpholine rings is 1. The SMILES string of the molecule is CCc1ncc(S(=O)(=O)N2CCOC(C(N)=NO)C2)[nH]1. The maximum atomic E-state index is 12.4. The molecule has 9 nitrogen and oxygen atoms in total. The van der Waals surface area contributed by atoms with Gasteiger partial charge in [-0.1, -0.05) is 12.1 Å². The summed E-state index contributed by atoms with van der Waals surface area (Å²) in [5.74, 6) is 0.452. The van der Waals surface area contributed by atoms with Crippen LogP contribution in [0.3, 0.4) is 0 Å². The maximum Gasteiger partial charge on any atom is 0.260 e. The number of rotatable bonds is 4. The van der Waals surface area contributed by atoms with Gasteiger partial charge in [0.25, 0.3) is 10.0 Å². The topological polar surface area (TPSA) is 134 Å². The van der Waals surface area contributed by atoms with Crippen LogP contribution in [-0.2, 0) is 21.2 Å². The van der Waals surface area contributed by atoms with Gasteiger partial charge in [-0.3, -0.25) is 0 Å². The first-order valence-electron chi connectivity index (χ1n) is 6.12. The number of imidazole rings is 1. The molecule has 4 N–H and O–H groups in total. The highest BCUT2D eigenvalue weighted by molar-refractivity contribution is 7.89. The van der Waals surface area contributed by atoms with Gasteiger partial charge in [-0.25, -0.2) is 13.4 Å². The van der Waals surface area contributed by atoms with Crippen molar-refractivity contribution in [3.63, 3.8) is 0 Å². The van der Waals surface area contributed by atoms with E-state index in [4.69, 9.17) is 15.7 Å². The molecule has 0 aromatic carbocycles. The van der Waals surface area contributed by atoms with Crippen LogP contribution in [0, 0.1) is 0 Å². The van der Waals surface area contributed by atoms with E-state index in [1.165, 1.54) is 10.5 Å². The van der Waals surface area contributed by atoms with Gasteiger partial charge in [0.2, 0.25) is 0 Å². The van der Waals surface area contributed by atoms with Crippen LogP contribution in [0.4, 0.5) is 0 Å². The van der Waals surface area contributed by atoms with Gasteiger partial charge in [-0.2, -0.15) is 4.31 Å². The molecule has 1 aromatic heterocycles. The summed E-state index contributed by atoms with van der Waals surface area (Å²) in [5.41, 5.74) is 5.45. The Kier molecular flexibility index (Phi) is 4.26. The fourth-order valence-corrected chi connectivity index (χ4v) is 3.24. The zero-order chi connectivity index (χ0) is 14.8. The minimum atomic E-state index is -3.68. The predicted octanol–water partition coefficient (Wildman–Crippen LogP) is -0.892. The number of sulfonamides is 1. The first-order chi connectivity index (χ1) is 9.48. The second-order valence-corrected chi connectivity index (χ2v) is 6.20. The Labute approximate surface area is 116 Å². The molecule has 2 rings (SSSR count). The largest absolute Gasteiger partial charge is 0.409 e. The molecular formula is C10H17N5O4S. The number of amidine groups is 1. The average Bonchev–Trinajstić information content (AvgIpc) is 2.96. The molecular weight excluding hydrogens is 286 g/mol. The summed E-state index contributed by atoms with van der Waals surface area (Å²) in [6, 6.07) is 0. The van der Waals surface area contributed by atoms with Crippen LogP contribution in [0.25, 0.3) is 0 Å². The molecule has 1 aliphatic rings. The van der Waals surface area contributed by atoms with Gasteiger partial charge in [0, 0.05) is 19.5 Å². The van der Waals surface area contributed by atoms with Crippen LogP contribution >= 0.6 is 0 Å². The Morgan fingerprint density at radius 2 is 2.50 bits per heavy atom. The van der Waals surface area contributed by atoms with Crippen LogP contribution in [0.5, 0.6) is 0 Å². The summed E-state index contributed by atoms with van der Waals surface area (Å²) < 4.78 is 31.4. The number of aryl methyl sites for hydroxylation is 1. The molecule has 1 fully saturated rings. The van der Waals surface area contributed by atoms with Crippen LogP contribution in [0.15, 0.2) is 16.4 Å². The fourth-order valence-electron chi connectivity index (χ4n) is 1.88. The monoisotopic (exact) mass is 303 g/mol. The average molecular weight is 303 g/mol. The Morgan fingerprint density at radius 3 is 3.10 bits per heavy atom. The van der Waals surface area contributed by atoms with Crippen LogP contribution in [0.1, 0.15) is 12.7 Å². The van der Waals surface area contributed by atoms with E-state index in [1.807, 2.05) is 6.92 Å². The van der Waals surface area contributed by atoms with E-state index in [9.17, 15) is 8.42 Å². The van der Waals surface area contributed by atoms with Crippen molar-refractivity contribution in [1.82, 2.24) is 14.3 Å². The van der Waals surface area contributed by atoms with E-state index in [-0.39, 0.29) is 30.6 Å². The number of ether oxygens (including phenoxy) is 1. The van der Waals surface area contributed by atoms with E-state index in [0.29, 0.717) is 12.2 Å². The summed E-state index contributed by atoms with van der Waals surface area (Å²) in [6.45, 7) is 2.25. The molecule has 0 radical (unpaired) electrons. The number of nitrogens with one attached hydrogen (secondary N) is 1. The number of nitrogens with zero attached hydrogens (tertiary/aromatic N) is 3. The Balaban J connectivity index is 2.21. The van der Waals surface area contributed by atoms with Crippen LogP contribution in [0.2, 0.25) is 0 Å². The minimum absolute atomic E-state index is 0.00128. The molecule has 1 saturated heterocycles. The van der Waals surface area contributed by atoms with Gasteiger partial charge in [0.15, 0.2) is 10.9 Å². The number of hydrogen-bond acceptors (Lipinski definition) is 6. The molecule has 0 spiro atoms. The molecule has 10 heteroatoms. The molecule has 112 valence electrons. The summed E-state index contributed by atoms with van der Waals surface area (Å²) in [6.07, 6.45) is 1.16. The van der Waals surface area contributed by atoms with E-state index in [1.54, 1.807) is 0 Å². The van der Waals surface area contributed by atoms with Crippen molar-refractivity contribution in [2.24, 2.45) is 10.9 Å². The van der Waals surface area contributed by atoms with Crippen molar-refractivity contribution in [2.75, 3.05) is 19.7 Å². The van der Waals surface area contributed by atoms with Gasteiger partial charge in [0.05, 0.1) is 12.8 Å². The lowest BCUT2D eigenvalue weighted by atomic mass is 10.3. The van der Waals surface area contributed by atoms with Crippen molar-refractivity contribution in [3.8, 4) is 0 Å². The second-order valence-electron chi connectivity index (χ2n) is 4.30. The van der Waals surface area contributed by atoms with Gasteiger partial charge >= 0.3 is 0 Å². The quantitative estimate of drug-likeness (QED) is 0.286. The van der Waals surface area contributed by atoms with Gasteiger partial charge < -0.3 is 20.7 Å². The number of oxime groups is 1. The molecule has 0 bridgehead atoms. The number of aromatic nitrogens is 2. The number of hydrogen-bond donors (Lipinski definition) is 3. The normalized spacial score (nSPS) is 22.1. The molecule has 0 aliphatic carbocycles. The van der Waals surface area contributed by atoms with Crippen LogP contribution in [-0.4, -0.2) is 59.5 Å². The number of H-pyrrole nitrogens is 1. The third kappa shape index (κ3) is 2.76. The zero-order valence-electron chi connectivity index (χ0n) is 11.0. The number of nitrogens with two attached hydrogens (primary N) is 1. The molecule has 1 aliphatic heterocycles. The molecule has 1 aromatic rings. The van der Waals surface area contributed by atoms with Crippen molar-refractivity contribution in [2.45, 2.75) is 24.5 Å². The first-order valence-corrected chi connectivity index (χ1v) is 7.56. The van der Waals surface area contributed by atoms with E-state index >= 15 is 0 Å². The maximum absolute atomic E-state index is 12.4. The van der Waals surface area contributed by atoms with Crippen LogP contribution < -0.4 is 5.73 Å². The molecule has 20 heavy (non-hydrogen) atoms. The van der Waals surface area contributed by atoms with Crippen molar-refractivity contribution < 1.29 is 18.4 Å². The zero-order valence-corrected chi connectivity index (χ0v) is 11.8. The second kappa shape index (κ2) is 5.77. The third-order valence-corrected chi connectivity index (χ3v) is 4.81. The third-order valence-electron chi connectivity index (χ3n) is 3.03. The predicted molar refractivity (Wildman–Crippen MR) is 69.9 cm³/mol. The lowest BCUT2D eigenvalue weighted by Crippen LogP contribution is -2.50. The van der Waals surface area contributed by atoms with Gasteiger partial charge in [-0.15, -0.1) is 0 Å². The Morgan fingerprint density at radius 1 is 1.75 bits per heavy atom. The molecule has 0 saturated carbocycles. The minimum Gasteiger partial charge on any atom is -0.409 e. The summed E-state index contributed by atoms with van der Waals surface area (Å²) >= 11 is 0. The van der Waals surface area contributed by atoms with E-state index in [0.717, 1.165) is 0 Å². The molecule has 0 amide bonds. The lowest BCUT2D eigenvalue weighted by molar-refractivity contribution is 0.0354. The van der Waals surface area contributed by atoms with E-state index < -0.39 is 16.1 Å². The highest BCUT2D eigenvalue weighted by Gasteiger charge is 2.33. The molecule has 2 heterocycles. The highest BCUT2D eigenvalue weighted by atomic mass is 32.2. The van der Waals surface area contributed by atoms with Crippen molar-refractivity contribution in [3.05, 3.63) is 12.0 Å². The van der Waals surface area contributed by atoms with Crippen molar-refractivity contribution >= 4 is 15.9 Å². The standard InChI is InChI=1S/C10H17N5O4S/c1-2-8-12-5-9(13-8)20(17,18)15-3-4-19-7(6-15)10(11)14-16/h5,7,16H,2-4,6H2,1H3,(H2,11,14)(H,12,13). The fraction of sp³-hybridized carbons (Fsp3) is 0.600. The Bertz CT molecular complexity index is 597. The summed E-state index contributed by atoms with van der Waals surface area (Å²) in [4.78, 5) is 6.75. The van der Waals surface area contributed by atoms with E-state index in [2.05, 4.69) is 15.1 Å². The van der Waals surface area contributed by atoms with Gasteiger partial charge in [0.1, 0.15) is 11.9 Å².